The number of carbonyl (C=O) groups excluding carboxylic acids is 1. The third-order valence-electron chi connectivity index (χ3n) is 4.09. The third kappa shape index (κ3) is 2.98. The molecule has 3 N–H and O–H groups in total. The van der Waals surface area contributed by atoms with Crippen molar-refractivity contribution in [3.8, 4) is 22.8 Å². The van der Waals surface area contributed by atoms with Gasteiger partial charge >= 0.3 is 5.69 Å². The largest absolute Gasteiger partial charge is 0.508 e. The molecular formula is C18H10F3N5O3. The van der Waals surface area contributed by atoms with Crippen molar-refractivity contribution >= 4 is 23.4 Å². The summed E-state index contributed by atoms with van der Waals surface area (Å²) in [4.78, 5) is 34.1. The molecule has 0 aliphatic rings. The molecule has 4 aromatic rings. The normalized spacial score (nSPS) is 11.0. The molecule has 0 spiro atoms. The monoisotopic (exact) mass is 401 g/mol. The maximum absolute atomic E-state index is 14.3. The van der Waals surface area contributed by atoms with Gasteiger partial charge in [-0.05, 0) is 24.3 Å². The minimum absolute atomic E-state index is 0.0199. The molecule has 0 bridgehead atoms. The number of hydrogen-bond acceptors (Lipinski definition) is 5. The first-order chi connectivity index (χ1) is 13.9. The molecule has 2 heterocycles. The first kappa shape index (κ1) is 18.2. The predicted molar refractivity (Wildman–Crippen MR) is 96.1 cm³/mol. The van der Waals surface area contributed by atoms with Gasteiger partial charge < -0.3 is 15.4 Å². The highest BCUT2D eigenvalue weighted by atomic mass is 19.2. The fourth-order valence-corrected chi connectivity index (χ4v) is 2.83. The van der Waals surface area contributed by atoms with Crippen LogP contribution in [-0.4, -0.2) is 31.0 Å². The lowest BCUT2D eigenvalue weighted by Gasteiger charge is -2.08. The molecule has 1 amide bonds. The van der Waals surface area contributed by atoms with Gasteiger partial charge in [0.15, 0.2) is 34.7 Å². The lowest BCUT2D eigenvalue weighted by molar-refractivity contribution is -0.105. The lowest BCUT2D eigenvalue weighted by atomic mass is 10.2. The SMILES string of the molecule is O=CNc1nc(-c2cccc(O)c2)nc2c1[nH]c(=O)n2-c1ccc(F)c(F)c1F. The first-order valence-corrected chi connectivity index (χ1v) is 8.07. The highest BCUT2D eigenvalue weighted by molar-refractivity contribution is 5.90. The summed E-state index contributed by atoms with van der Waals surface area (Å²) in [5.41, 5.74) is -1.43. The van der Waals surface area contributed by atoms with Crippen LogP contribution < -0.4 is 11.0 Å². The number of aromatic hydroxyl groups is 1. The van der Waals surface area contributed by atoms with E-state index in [0.717, 1.165) is 6.07 Å². The van der Waals surface area contributed by atoms with Crippen LogP contribution in [0.15, 0.2) is 41.2 Å². The Morgan fingerprint density at radius 2 is 1.90 bits per heavy atom. The number of anilines is 1. The maximum atomic E-state index is 14.3. The highest BCUT2D eigenvalue weighted by Gasteiger charge is 2.22. The number of benzene rings is 2. The van der Waals surface area contributed by atoms with E-state index >= 15 is 0 Å². The Kier molecular flexibility index (Phi) is 4.26. The minimum atomic E-state index is -1.75. The van der Waals surface area contributed by atoms with Crippen LogP contribution in [0.2, 0.25) is 0 Å². The number of halogens is 3. The number of amides is 1. The third-order valence-corrected chi connectivity index (χ3v) is 4.09. The van der Waals surface area contributed by atoms with Gasteiger partial charge in [0.2, 0.25) is 6.41 Å². The van der Waals surface area contributed by atoms with E-state index < -0.39 is 28.8 Å². The van der Waals surface area contributed by atoms with Crippen LogP contribution in [0.5, 0.6) is 5.75 Å². The van der Waals surface area contributed by atoms with E-state index in [0.29, 0.717) is 22.6 Å². The topological polar surface area (TPSA) is 113 Å². The molecule has 2 aromatic heterocycles. The molecule has 4 rings (SSSR count). The van der Waals surface area contributed by atoms with Gasteiger partial charge in [-0.15, -0.1) is 0 Å². The van der Waals surface area contributed by atoms with E-state index in [9.17, 15) is 27.9 Å². The fraction of sp³-hybridized carbons (Fsp3) is 0. The van der Waals surface area contributed by atoms with Crippen LogP contribution in [0.1, 0.15) is 0 Å². The van der Waals surface area contributed by atoms with Crippen molar-refractivity contribution in [1.29, 1.82) is 0 Å². The van der Waals surface area contributed by atoms with Gasteiger partial charge in [0.1, 0.15) is 11.3 Å². The number of phenols is 1. The van der Waals surface area contributed by atoms with Crippen molar-refractivity contribution in [1.82, 2.24) is 19.5 Å². The number of hydrogen-bond donors (Lipinski definition) is 3. The van der Waals surface area contributed by atoms with Crippen LogP contribution in [-0.2, 0) is 4.79 Å². The number of nitrogens with zero attached hydrogens (tertiary/aromatic N) is 3. The number of H-pyrrole nitrogens is 1. The smallest absolute Gasteiger partial charge is 0.332 e. The Morgan fingerprint density at radius 3 is 2.62 bits per heavy atom. The van der Waals surface area contributed by atoms with E-state index in [1.165, 1.54) is 18.2 Å². The molecule has 0 aliphatic carbocycles. The Hall–Kier alpha value is -4.15. The molecule has 0 aliphatic heterocycles. The summed E-state index contributed by atoms with van der Waals surface area (Å²) in [6.45, 7) is 0. The molecule has 0 saturated carbocycles. The molecule has 29 heavy (non-hydrogen) atoms. The van der Waals surface area contributed by atoms with Crippen LogP contribution in [0.3, 0.4) is 0 Å². The minimum Gasteiger partial charge on any atom is -0.508 e. The summed E-state index contributed by atoms with van der Waals surface area (Å²) in [5.74, 6) is -4.98. The van der Waals surface area contributed by atoms with Gasteiger partial charge in [-0.2, -0.15) is 0 Å². The second-order valence-electron chi connectivity index (χ2n) is 5.87. The molecule has 0 saturated heterocycles. The summed E-state index contributed by atoms with van der Waals surface area (Å²) in [6.07, 6.45) is 0.307. The highest BCUT2D eigenvalue weighted by Crippen LogP contribution is 2.27. The molecule has 0 atom stereocenters. The number of nitrogens with one attached hydrogen (secondary N) is 2. The first-order valence-electron chi connectivity index (χ1n) is 8.07. The number of aromatic nitrogens is 4. The van der Waals surface area contributed by atoms with E-state index in [4.69, 9.17) is 0 Å². The Bertz CT molecular complexity index is 1330. The second-order valence-corrected chi connectivity index (χ2v) is 5.87. The Balaban J connectivity index is 2.07. The van der Waals surface area contributed by atoms with Crippen molar-refractivity contribution in [2.45, 2.75) is 0 Å². The van der Waals surface area contributed by atoms with E-state index in [2.05, 4.69) is 20.3 Å². The van der Waals surface area contributed by atoms with E-state index in [1.807, 2.05) is 0 Å². The summed E-state index contributed by atoms with van der Waals surface area (Å²) >= 11 is 0. The van der Waals surface area contributed by atoms with Crippen molar-refractivity contribution in [2.75, 3.05) is 5.32 Å². The number of phenolic OH excluding ortho intramolecular Hbond substituents is 1. The summed E-state index contributed by atoms with van der Waals surface area (Å²) in [5, 5.41) is 12.0. The molecule has 2 aromatic carbocycles. The Labute approximate surface area is 159 Å². The van der Waals surface area contributed by atoms with Crippen LogP contribution >= 0.6 is 0 Å². The van der Waals surface area contributed by atoms with E-state index in [-0.39, 0.29) is 28.6 Å². The lowest BCUT2D eigenvalue weighted by Crippen LogP contribution is -2.17. The molecular weight excluding hydrogens is 391 g/mol. The average molecular weight is 401 g/mol. The second kappa shape index (κ2) is 6.78. The fourth-order valence-electron chi connectivity index (χ4n) is 2.83. The van der Waals surface area contributed by atoms with Gasteiger partial charge in [0.25, 0.3) is 0 Å². The molecule has 146 valence electrons. The zero-order valence-electron chi connectivity index (χ0n) is 14.3. The van der Waals surface area contributed by atoms with Gasteiger partial charge in [0.05, 0.1) is 5.69 Å². The van der Waals surface area contributed by atoms with Gasteiger partial charge in [-0.25, -0.2) is 32.5 Å². The molecule has 0 radical (unpaired) electrons. The summed E-state index contributed by atoms with van der Waals surface area (Å²) in [6, 6.07) is 7.37. The number of carbonyl (C=O) groups is 1. The number of aromatic amines is 1. The van der Waals surface area contributed by atoms with Gasteiger partial charge in [0, 0.05) is 5.56 Å². The zero-order valence-corrected chi connectivity index (χ0v) is 14.3. The number of rotatable bonds is 4. The van der Waals surface area contributed by atoms with Crippen molar-refractivity contribution in [3.63, 3.8) is 0 Å². The number of fused-ring (bicyclic) bond motifs is 1. The molecule has 11 heteroatoms. The molecule has 8 nitrogen and oxygen atoms in total. The maximum Gasteiger partial charge on any atom is 0.332 e. The Morgan fingerprint density at radius 1 is 1.10 bits per heavy atom. The quantitative estimate of drug-likeness (QED) is 0.359. The average Bonchev–Trinajstić information content (AvgIpc) is 3.03. The van der Waals surface area contributed by atoms with E-state index in [1.54, 1.807) is 6.07 Å². The van der Waals surface area contributed by atoms with Gasteiger partial charge in [-0.1, -0.05) is 12.1 Å². The zero-order chi connectivity index (χ0) is 20.7. The van der Waals surface area contributed by atoms with Crippen molar-refractivity contribution < 1.29 is 23.1 Å². The van der Waals surface area contributed by atoms with Gasteiger partial charge in [-0.3, -0.25) is 4.79 Å². The van der Waals surface area contributed by atoms with Crippen LogP contribution in [0, 0.1) is 17.5 Å². The standard InChI is InChI=1S/C18H10F3N5O3/c19-10-4-5-11(13(21)12(10)20)26-17-14(23-18(26)29)16(22-7-27)24-15(25-17)8-2-1-3-9(28)6-8/h1-7,28H,(H,23,29)(H,22,24,25,27). The molecule has 0 unspecified atom stereocenters. The van der Waals surface area contributed by atoms with Crippen molar-refractivity contribution in [2.24, 2.45) is 0 Å². The predicted octanol–water partition coefficient (Wildman–Crippen LogP) is 2.47. The summed E-state index contributed by atoms with van der Waals surface area (Å²) in [7, 11) is 0. The number of imidazole rings is 1. The van der Waals surface area contributed by atoms with Crippen LogP contribution in [0.25, 0.3) is 28.2 Å². The molecule has 0 fully saturated rings. The van der Waals surface area contributed by atoms with Crippen molar-refractivity contribution in [3.05, 3.63) is 64.3 Å². The van der Waals surface area contributed by atoms with Crippen LogP contribution in [0.4, 0.5) is 19.0 Å². The summed E-state index contributed by atoms with van der Waals surface area (Å²) < 4.78 is 42.0.